The molecule has 2 nitrogen and oxygen atoms in total. The summed E-state index contributed by atoms with van der Waals surface area (Å²) >= 11 is 3.31. The van der Waals surface area contributed by atoms with Crippen molar-refractivity contribution < 1.29 is 13.9 Å². The second kappa shape index (κ2) is 7.39. The first kappa shape index (κ1) is 13.2. The van der Waals surface area contributed by atoms with Gasteiger partial charge < -0.3 is 4.74 Å². The Morgan fingerprint density at radius 3 is 2.69 bits per heavy atom. The van der Waals surface area contributed by atoms with E-state index in [1.54, 1.807) is 12.1 Å². The van der Waals surface area contributed by atoms with Gasteiger partial charge in [-0.3, -0.25) is 4.79 Å². The lowest BCUT2D eigenvalue weighted by atomic mass is 10.2. The lowest BCUT2D eigenvalue weighted by Crippen LogP contribution is -2.08. The molecule has 1 rings (SSSR count). The molecule has 0 heterocycles. The van der Waals surface area contributed by atoms with Crippen LogP contribution in [0.5, 0.6) is 5.75 Å². The fourth-order valence-electron chi connectivity index (χ4n) is 1.24. The number of esters is 1. The molecule has 0 saturated carbocycles. The third-order valence-electron chi connectivity index (χ3n) is 2.07. The zero-order valence-electron chi connectivity index (χ0n) is 8.92. The van der Waals surface area contributed by atoms with Gasteiger partial charge in [-0.25, -0.2) is 4.39 Å². The molecule has 0 aliphatic heterocycles. The van der Waals surface area contributed by atoms with Gasteiger partial charge in [-0.05, 0) is 25.0 Å². The maximum Gasteiger partial charge on any atom is 0.311 e. The fourth-order valence-corrected chi connectivity index (χ4v) is 1.64. The monoisotopic (exact) mass is 288 g/mol. The Kier molecular flexibility index (Phi) is 6.08. The Balaban J connectivity index is 2.32. The Morgan fingerprint density at radius 2 is 2.00 bits per heavy atom. The average Bonchev–Trinajstić information content (AvgIpc) is 2.28. The van der Waals surface area contributed by atoms with Gasteiger partial charge >= 0.3 is 5.97 Å². The van der Waals surface area contributed by atoms with Gasteiger partial charge in [0.25, 0.3) is 0 Å². The maximum atomic E-state index is 13.1. The van der Waals surface area contributed by atoms with Crippen molar-refractivity contribution in [2.24, 2.45) is 0 Å². The van der Waals surface area contributed by atoms with Crippen LogP contribution in [0, 0.1) is 5.82 Å². The molecule has 0 fully saturated rings. The molecule has 0 unspecified atom stereocenters. The molecule has 0 spiro atoms. The molecule has 0 bridgehead atoms. The highest BCUT2D eigenvalue weighted by atomic mass is 79.9. The maximum absolute atomic E-state index is 13.1. The smallest absolute Gasteiger partial charge is 0.311 e. The van der Waals surface area contributed by atoms with Gasteiger partial charge in [0.1, 0.15) is 0 Å². The van der Waals surface area contributed by atoms with Gasteiger partial charge in [0.05, 0.1) is 0 Å². The first-order valence-corrected chi connectivity index (χ1v) is 6.37. The van der Waals surface area contributed by atoms with Crippen molar-refractivity contribution in [2.75, 3.05) is 5.33 Å². The normalized spacial score (nSPS) is 10.1. The predicted molar refractivity (Wildman–Crippen MR) is 64.3 cm³/mol. The van der Waals surface area contributed by atoms with Crippen LogP contribution in [-0.2, 0) is 4.79 Å². The number of benzene rings is 1. The van der Waals surface area contributed by atoms with Crippen LogP contribution in [0.25, 0.3) is 0 Å². The summed E-state index contributed by atoms with van der Waals surface area (Å²) in [5.74, 6) is -0.871. The second-order valence-electron chi connectivity index (χ2n) is 3.40. The van der Waals surface area contributed by atoms with Crippen LogP contribution in [0.15, 0.2) is 24.3 Å². The standard InChI is InChI=1S/C12H14BrFO2/c13-9-5-1-2-8-12(15)16-11-7-4-3-6-10(11)14/h3-4,6-7H,1-2,5,8-9H2. The lowest BCUT2D eigenvalue weighted by Gasteiger charge is -2.04. The molecule has 0 radical (unpaired) electrons. The summed E-state index contributed by atoms with van der Waals surface area (Å²) in [4.78, 5) is 11.3. The summed E-state index contributed by atoms with van der Waals surface area (Å²) < 4.78 is 18.0. The molecule has 0 amide bonds. The number of carbonyl (C=O) groups excluding carboxylic acids is 1. The van der Waals surface area contributed by atoms with Crippen molar-refractivity contribution in [2.45, 2.75) is 25.7 Å². The van der Waals surface area contributed by atoms with E-state index in [-0.39, 0.29) is 11.7 Å². The van der Waals surface area contributed by atoms with Crippen molar-refractivity contribution in [1.82, 2.24) is 0 Å². The minimum absolute atomic E-state index is 0.00740. The molecule has 16 heavy (non-hydrogen) atoms. The highest BCUT2D eigenvalue weighted by Crippen LogP contribution is 2.16. The van der Waals surface area contributed by atoms with Gasteiger partial charge in [0, 0.05) is 11.8 Å². The minimum atomic E-state index is -0.503. The summed E-state index contributed by atoms with van der Waals surface area (Å²) in [5.41, 5.74) is 0. The van der Waals surface area contributed by atoms with E-state index in [2.05, 4.69) is 15.9 Å². The highest BCUT2D eigenvalue weighted by molar-refractivity contribution is 9.09. The lowest BCUT2D eigenvalue weighted by molar-refractivity contribution is -0.134. The quantitative estimate of drug-likeness (QED) is 0.345. The Hall–Kier alpha value is -0.900. The first-order chi connectivity index (χ1) is 7.74. The molecule has 1 aromatic rings. The Labute approximate surface area is 103 Å². The third-order valence-corrected chi connectivity index (χ3v) is 2.64. The van der Waals surface area contributed by atoms with E-state index in [4.69, 9.17) is 4.74 Å². The number of hydrogen-bond donors (Lipinski definition) is 0. The molecule has 0 saturated heterocycles. The van der Waals surface area contributed by atoms with Gasteiger partial charge in [-0.1, -0.05) is 34.5 Å². The number of alkyl halides is 1. The molecular weight excluding hydrogens is 275 g/mol. The third kappa shape index (κ3) is 4.75. The van der Waals surface area contributed by atoms with Crippen LogP contribution in [0.1, 0.15) is 25.7 Å². The number of rotatable bonds is 6. The molecule has 0 N–H and O–H groups in total. The molecule has 0 aliphatic rings. The Morgan fingerprint density at radius 1 is 1.25 bits per heavy atom. The summed E-state index contributed by atoms with van der Waals surface area (Å²) in [6.07, 6.45) is 3.12. The number of carbonyl (C=O) groups is 1. The van der Waals surface area contributed by atoms with E-state index in [0.29, 0.717) is 6.42 Å². The number of para-hydroxylation sites is 1. The van der Waals surface area contributed by atoms with Gasteiger partial charge in [0.15, 0.2) is 11.6 Å². The van der Waals surface area contributed by atoms with Crippen molar-refractivity contribution in [3.05, 3.63) is 30.1 Å². The van der Waals surface area contributed by atoms with Crippen LogP contribution in [0.4, 0.5) is 4.39 Å². The van der Waals surface area contributed by atoms with Crippen LogP contribution >= 0.6 is 15.9 Å². The zero-order chi connectivity index (χ0) is 11.8. The van der Waals surface area contributed by atoms with E-state index >= 15 is 0 Å². The first-order valence-electron chi connectivity index (χ1n) is 5.25. The van der Waals surface area contributed by atoms with E-state index < -0.39 is 5.82 Å². The van der Waals surface area contributed by atoms with Crippen molar-refractivity contribution in [3.8, 4) is 5.75 Å². The number of halogens is 2. The van der Waals surface area contributed by atoms with Crippen molar-refractivity contribution >= 4 is 21.9 Å². The van der Waals surface area contributed by atoms with Crippen LogP contribution < -0.4 is 4.74 Å². The average molecular weight is 289 g/mol. The topological polar surface area (TPSA) is 26.3 Å². The van der Waals surface area contributed by atoms with Gasteiger partial charge in [-0.15, -0.1) is 0 Å². The van der Waals surface area contributed by atoms with E-state index in [9.17, 15) is 9.18 Å². The van der Waals surface area contributed by atoms with Gasteiger partial charge in [-0.2, -0.15) is 0 Å². The minimum Gasteiger partial charge on any atom is -0.423 e. The van der Waals surface area contributed by atoms with E-state index in [1.807, 2.05) is 0 Å². The zero-order valence-corrected chi connectivity index (χ0v) is 10.5. The largest absolute Gasteiger partial charge is 0.423 e. The SMILES string of the molecule is O=C(CCCCCBr)Oc1ccccc1F. The predicted octanol–water partition coefficient (Wildman–Crippen LogP) is 3.69. The second-order valence-corrected chi connectivity index (χ2v) is 4.20. The molecule has 0 atom stereocenters. The fraction of sp³-hybridized carbons (Fsp3) is 0.417. The van der Waals surface area contributed by atoms with Crippen LogP contribution in [0.3, 0.4) is 0 Å². The number of ether oxygens (including phenoxy) is 1. The molecule has 1 aromatic carbocycles. The summed E-state index contributed by atoms with van der Waals surface area (Å²) in [6, 6.07) is 5.92. The van der Waals surface area contributed by atoms with Gasteiger partial charge in [0.2, 0.25) is 0 Å². The summed E-state index contributed by atoms with van der Waals surface area (Å²) in [6.45, 7) is 0. The molecule has 88 valence electrons. The van der Waals surface area contributed by atoms with Crippen molar-refractivity contribution in [3.63, 3.8) is 0 Å². The van der Waals surface area contributed by atoms with Crippen LogP contribution in [-0.4, -0.2) is 11.3 Å². The summed E-state index contributed by atoms with van der Waals surface area (Å²) in [7, 11) is 0. The van der Waals surface area contributed by atoms with Crippen LogP contribution in [0.2, 0.25) is 0 Å². The molecular formula is C12H14BrFO2. The molecule has 0 aliphatic carbocycles. The summed E-state index contributed by atoms with van der Waals surface area (Å²) in [5, 5.41) is 0.940. The highest BCUT2D eigenvalue weighted by Gasteiger charge is 2.07. The number of unbranched alkanes of at least 4 members (excludes halogenated alkanes) is 2. The Bertz CT molecular complexity index is 342. The van der Waals surface area contributed by atoms with Crippen molar-refractivity contribution in [1.29, 1.82) is 0 Å². The molecule has 4 heteroatoms. The van der Waals surface area contributed by atoms with E-state index in [0.717, 1.165) is 24.6 Å². The number of hydrogen-bond acceptors (Lipinski definition) is 2. The molecule has 0 aromatic heterocycles. The van der Waals surface area contributed by atoms with E-state index in [1.165, 1.54) is 12.1 Å².